The minimum Gasteiger partial charge on any atom is -0.323 e. The minimum atomic E-state index is 0.0898. The number of likely N-dealkylation sites (N-methyl/N-ethyl adjacent to an activating group) is 1. The third-order valence-corrected chi connectivity index (χ3v) is 4.58. The van der Waals surface area contributed by atoms with Crippen molar-refractivity contribution in [2.45, 2.75) is 18.4 Å². The molecule has 110 valence electrons. The van der Waals surface area contributed by atoms with E-state index < -0.39 is 0 Å². The molecular formula is C16H20N4O. The highest BCUT2D eigenvalue weighted by Crippen LogP contribution is 2.28. The largest absolute Gasteiger partial charge is 0.323 e. The number of urea groups is 1. The van der Waals surface area contributed by atoms with Gasteiger partial charge in [-0.25, -0.2) is 4.79 Å². The van der Waals surface area contributed by atoms with Crippen LogP contribution < -0.4 is 0 Å². The Labute approximate surface area is 125 Å². The van der Waals surface area contributed by atoms with Gasteiger partial charge < -0.3 is 14.7 Å². The monoisotopic (exact) mass is 284 g/mol. The molecule has 1 aromatic carbocycles. The van der Waals surface area contributed by atoms with Crippen LogP contribution in [0.4, 0.5) is 4.79 Å². The van der Waals surface area contributed by atoms with Crippen molar-refractivity contribution in [1.29, 1.82) is 5.26 Å². The maximum atomic E-state index is 12.4. The zero-order valence-electron chi connectivity index (χ0n) is 12.3. The molecule has 2 heterocycles. The average Bonchev–Trinajstić information content (AvgIpc) is 2.95. The Morgan fingerprint density at radius 1 is 1.29 bits per heavy atom. The molecule has 2 aliphatic rings. The number of hydrogen-bond donors (Lipinski definition) is 0. The summed E-state index contributed by atoms with van der Waals surface area (Å²) in [5.74, 6) is 0.461. The molecule has 1 unspecified atom stereocenters. The van der Waals surface area contributed by atoms with Gasteiger partial charge in [0.25, 0.3) is 0 Å². The summed E-state index contributed by atoms with van der Waals surface area (Å²) in [7, 11) is 1.85. The van der Waals surface area contributed by atoms with Crippen molar-refractivity contribution in [3.05, 3.63) is 35.9 Å². The molecule has 0 N–H and O–H groups in total. The van der Waals surface area contributed by atoms with E-state index in [0.29, 0.717) is 12.5 Å². The first-order valence-corrected chi connectivity index (χ1v) is 7.40. The van der Waals surface area contributed by atoms with Crippen LogP contribution in [0, 0.1) is 11.5 Å². The predicted molar refractivity (Wildman–Crippen MR) is 79.5 cm³/mol. The highest BCUT2D eigenvalue weighted by atomic mass is 16.2. The first-order chi connectivity index (χ1) is 10.2. The number of benzene rings is 1. The van der Waals surface area contributed by atoms with Crippen molar-refractivity contribution in [2.24, 2.45) is 0 Å². The highest BCUT2D eigenvalue weighted by Gasteiger charge is 2.36. The fourth-order valence-electron chi connectivity index (χ4n) is 3.10. The van der Waals surface area contributed by atoms with Gasteiger partial charge in [0.05, 0.1) is 6.04 Å². The number of nitriles is 1. The van der Waals surface area contributed by atoms with Crippen LogP contribution >= 0.6 is 0 Å². The van der Waals surface area contributed by atoms with Crippen LogP contribution in [0.2, 0.25) is 0 Å². The summed E-state index contributed by atoms with van der Waals surface area (Å²) < 4.78 is 0. The van der Waals surface area contributed by atoms with Crippen LogP contribution in [-0.4, -0.2) is 60.0 Å². The van der Waals surface area contributed by atoms with E-state index in [-0.39, 0.29) is 12.1 Å². The summed E-state index contributed by atoms with van der Waals surface area (Å²) in [5, 5.41) is 8.89. The van der Waals surface area contributed by atoms with Crippen molar-refractivity contribution in [3.8, 4) is 6.19 Å². The van der Waals surface area contributed by atoms with Crippen molar-refractivity contribution in [3.63, 3.8) is 0 Å². The third-order valence-electron chi connectivity index (χ3n) is 4.58. The number of amides is 2. The summed E-state index contributed by atoms with van der Waals surface area (Å²) >= 11 is 0. The van der Waals surface area contributed by atoms with Gasteiger partial charge in [0.2, 0.25) is 0 Å². The summed E-state index contributed by atoms with van der Waals surface area (Å²) in [6.45, 7) is 3.00. The van der Waals surface area contributed by atoms with E-state index in [2.05, 4.69) is 18.3 Å². The summed E-state index contributed by atoms with van der Waals surface area (Å²) in [5.41, 5.74) is 1.31. The molecule has 2 fully saturated rings. The van der Waals surface area contributed by atoms with Crippen molar-refractivity contribution >= 4 is 6.03 Å². The Balaban J connectivity index is 1.53. The molecule has 0 bridgehead atoms. The van der Waals surface area contributed by atoms with Crippen LogP contribution in [0.25, 0.3) is 0 Å². The van der Waals surface area contributed by atoms with Gasteiger partial charge in [-0.15, -0.1) is 0 Å². The lowest BCUT2D eigenvalue weighted by atomic mass is 9.92. The molecule has 5 heteroatoms. The van der Waals surface area contributed by atoms with Gasteiger partial charge in [0.15, 0.2) is 6.19 Å². The Hall–Kier alpha value is -2.22. The lowest BCUT2D eigenvalue weighted by molar-refractivity contribution is 0.110. The van der Waals surface area contributed by atoms with Crippen LogP contribution in [-0.2, 0) is 0 Å². The number of likely N-dealkylation sites (tertiary alicyclic amines) is 2. The molecule has 0 aliphatic carbocycles. The Kier molecular flexibility index (Phi) is 3.70. The first-order valence-electron chi connectivity index (χ1n) is 7.40. The van der Waals surface area contributed by atoms with Gasteiger partial charge in [-0.2, -0.15) is 5.26 Å². The van der Waals surface area contributed by atoms with Crippen LogP contribution in [0.3, 0.4) is 0 Å². The fraction of sp³-hybridized carbons (Fsp3) is 0.500. The number of carbonyl (C=O) groups is 1. The molecule has 0 saturated carbocycles. The molecule has 21 heavy (non-hydrogen) atoms. The molecule has 0 spiro atoms. The first kappa shape index (κ1) is 13.7. The average molecular weight is 284 g/mol. The lowest BCUT2D eigenvalue weighted by Gasteiger charge is -2.42. The van der Waals surface area contributed by atoms with Crippen LogP contribution in [0.5, 0.6) is 0 Å². The number of nitrogens with zero attached hydrogens (tertiary/aromatic N) is 4. The third kappa shape index (κ3) is 2.66. The smallest absolute Gasteiger partial charge is 0.320 e. The maximum Gasteiger partial charge on any atom is 0.320 e. The van der Waals surface area contributed by atoms with E-state index >= 15 is 0 Å². The lowest BCUT2D eigenvalue weighted by Crippen LogP contribution is -2.55. The molecule has 2 aliphatic heterocycles. The van der Waals surface area contributed by atoms with Gasteiger partial charge in [-0.1, -0.05) is 30.3 Å². The van der Waals surface area contributed by atoms with E-state index in [1.54, 1.807) is 9.80 Å². The van der Waals surface area contributed by atoms with E-state index in [0.717, 1.165) is 26.1 Å². The second kappa shape index (κ2) is 5.65. The van der Waals surface area contributed by atoms with Crippen LogP contribution in [0.15, 0.2) is 30.3 Å². The van der Waals surface area contributed by atoms with Gasteiger partial charge >= 0.3 is 6.03 Å². The zero-order chi connectivity index (χ0) is 14.8. The van der Waals surface area contributed by atoms with E-state index in [9.17, 15) is 4.79 Å². The molecular weight excluding hydrogens is 264 g/mol. The highest BCUT2D eigenvalue weighted by molar-refractivity contribution is 5.75. The number of carbonyl (C=O) groups excluding carboxylic acids is 1. The van der Waals surface area contributed by atoms with Gasteiger partial charge in [0.1, 0.15) is 0 Å². The second-order valence-electron chi connectivity index (χ2n) is 5.89. The molecule has 5 nitrogen and oxygen atoms in total. The molecule has 2 amide bonds. The van der Waals surface area contributed by atoms with Crippen molar-refractivity contribution in [2.75, 3.05) is 33.2 Å². The van der Waals surface area contributed by atoms with Gasteiger partial charge in [0, 0.05) is 39.1 Å². The zero-order valence-corrected chi connectivity index (χ0v) is 12.3. The van der Waals surface area contributed by atoms with Gasteiger partial charge in [-0.05, 0) is 12.0 Å². The molecule has 0 radical (unpaired) electrons. The molecule has 0 aromatic heterocycles. The summed E-state index contributed by atoms with van der Waals surface area (Å²) in [6, 6.07) is 10.6. The normalized spacial score (nSPS) is 21.8. The van der Waals surface area contributed by atoms with E-state index in [1.807, 2.05) is 30.1 Å². The predicted octanol–water partition coefficient (Wildman–Crippen LogP) is 1.69. The second-order valence-corrected chi connectivity index (χ2v) is 5.89. The molecule has 2 saturated heterocycles. The molecule has 1 aromatic rings. The molecule has 1 atom stereocenters. The summed E-state index contributed by atoms with van der Waals surface area (Å²) in [6.07, 6.45) is 3.04. The SMILES string of the molecule is CN(C(=O)N1CC(c2ccccc2)C1)C1CCN(C#N)C1. The number of rotatable bonds is 2. The number of hydrogen-bond acceptors (Lipinski definition) is 3. The Morgan fingerprint density at radius 3 is 2.62 bits per heavy atom. The Bertz CT molecular complexity index is 547. The quantitative estimate of drug-likeness (QED) is 0.777. The Morgan fingerprint density at radius 2 is 2.00 bits per heavy atom. The van der Waals surface area contributed by atoms with Crippen LogP contribution in [0.1, 0.15) is 17.9 Å². The topological polar surface area (TPSA) is 50.6 Å². The van der Waals surface area contributed by atoms with Crippen molar-refractivity contribution in [1.82, 2.24) is 14.7 Å². The van der Waals surface area contributed by atoms with E-state index in [4.69, 9.17) is 5.26 Å². The minimum absolute atomic E-state index is 0.0898. The van der Waals surface area contributed by atoms with Gasteiger partial charge in [-0.3, -0.25) is 0 Å². The fourth-order valence-corrected chi connectivity index (χ4v) is 3.10. The molecule has 3 rings (SSSR count). The van der Waals surface area contributed by atoms with Crippen molar-refractivity contribution < 1.29 is 4.79 Å². The van der Waals surface area contributed by atoms with E-state index in [1.165, 1.54) is 5.56 Å². The standard InChI is InChI=1S/C16H20N4O/c1-18(15-7-8-19(11-15)12-17)16(21)20-9-14(10-20)13-5-3-2-4-6-13/h2-6,14-15H,7-11H2,1H3. The summed E-state index contributed by atoms with van der Waals surface area (Å²) in [4.78, 5) is 17.9. The maximum absolute atomic E-state index is 12.4.